The van der Waals surface area contributed by atoms with Crippen LogP contribution in [0.2, 0.25) is 0 Å². The van der Waals surface area contributed by atoms with Crippen molar-refractivity contribution >= 4 is 11.9 Å². The van der Waals surface area contributed by atoms with Gasteiger partial charge in [-0.2, -0.15) is 0 Å². The molecule has 6 N–H and O–H groups in total. The third kappa shape index (κ3) is 12.4. The van der Waals surface area contributed by atoms with Gasteiger partial charge in [0.1, 0.15) is 42.9 Å². The summed E-state index contributed by atoms with van der Waals surface area (Å²) >= 11 is 0. The van der Waals surface area contributed by atoms with Gasteiger partial charge in [0.15, 0.2) is 12.4 Å². The summed E-state index contributed by atoms with van der Waals surface area (Å²) in [5, 5.41) is 55.7. The molecular formula is C33H53NO15. The van der Waals surface area contributed by atoms with E-state index in [1.54, 1.807) is 46.9 Å². The minimum Gasteiger partial charge on any atom is -0.508 e. The molecule has 0 aromatic heterocycles. The normalized spacial score (nSPS) is 30.4. The van der Waals surface area contributed by atoms with E-state index in [4.69, 9.17) is 37.9 Å². The van der Waals surface area contributed by atoms with Gasteiger partial charge in [-0.3, -0.25) is 4.79 Å². The summed E-state index contributed by atoms with van der Waals surface area (Å²) in [5.74, 6) is -2.10. The van der Waals surface area contributed by atoms with Crippen molar-refractivity contribution in [3.05, 3.63) is 29.8 Å². The van der Waals surface area contributed by atoms with Crippen LogP contribution in [0.1, 0.15) is 39.7 Å². The van der Waals surface area contributed by atoms with E-state index < -0.39 is 79.0 Å². The molecule has 1 amide bonds. The average Bonchev–Trinajstić information content (AvgIpc) is 3.06. The fraction of sp³-hybridized carbons (Fsp3) is 0.758. The smallest absolute Gasteiger partial charge is 0.338 e. The van der Waals surface area contributed by atoms with Crippen molar-refractivity contribution in [1.82, 2.24) is 5.32 Å². The molecule has 280 valence electrons. The van der Waals surface area contributed by atoms with Gasteiger partial charge in [0.05, 0.1) is 63.4 Å². The Bertz CT molecular complexity index is 1120. The van der Waals surface area contributed by atoms with Crippen molar-refractivity contribution < 1.29 is 73.0 Å². The molecule has 49 heavy (non-hydrogen) atoms. The number of carbonyl (C=O) groups excluding carboxylic acids is 2. The van der Waals surface area contributed by atoms with Crippen LogP contribution in [0.15, 0.2) is 24.3 Å². The molecule has 1 aliphatic heterocycles. The second-order valence-corrected chi connectivity index (χ2v) is 12.5. The third-order valence-electron chi connectivity index (χ3n) is 7.92. The molecule has 1 saturated carbocycles. The molecule has 10 atom stereocenters. The number of nitrogens with one attached hydrogen (secondary N) is 1. The maximum absolute atomic E-state index is 13.2. The van der Waals surface area contributed by atoms with Gasteiger partial charge in [0.25, 0.3) is 0 Å². The van der Waals surface area contributed by atoms with Crippen LogP contribution in [0.25, 0.3) is 0 Å². The lowest BCUT2D eigenvalue weighted by molar-refractivity contribution is -0.309. The number of benzene rings is 1. The Kier molecular flexibility index (Phi) is 17.0. The Hall–Kier alpha value is -2.48. The van der Waals surface area contributed by atoms with E-state index in [0.29, 0.717) is 18.8 Å². The number of aromatic hydroxyl groups is 1. The van der Waals surface area contributed by atoms with Crippen LogP contribution < -0.4 is 5.32 Å². The van der Waals surface area contributed by atoms with Crippen LogP contribution in [0, 0.1) is 5.92 Å². The molecule has 1 saturated heterocycles. The summed E-state index contributed by atoms with van der Waals surface area (Å²) in [6, 6.07) is 6.02. The molecule has 2 unspecified atom stereocenters. The van der Waals surface area contributed by atoms with Crippen molar-refractivity contribution in [2.45, 2.75) is 108 Å². The number of rotatable bonds is 19. The quantitative estimate of drug-likeness (QED) is 0.0782. The van der Waals surface area contributed by atoms with E-state index in [1.807, 2.05) is 0 Å². The zero-order chi connectivity index (χ0) is 36.1. The Morgan fingerprint density at radius 3 is 2.14 bits per heavy atom. The van der Waals surface area contributed by atoms with Crippen molar-refractivity contribution in [3.8, 4) is 5.75 Å². The number of hydrogen-bond acceptors (Lipinski definition) is 15. The van der Waals surface area contributed by atoms with Crippen molar-refractivity contribution in [2.24, 2.45) is 5.92 Å². The molecule has 1 aromatic carbocycles. The van der Waals surface area contributed by atoms with E-state index in [0.717, 1.165) is 0 Å². The summed E-state index contributed by atoms with van der Waals surface area (Å²) in [6.45, 7) is 7.56. The van der Waals surface area contributed by atoms with E-state index in [2.05, 4.69) is 5.32 Å². The predicted octanol–water partition coefficient (Wildman–Crippen LogP) is -0.608. The molecular weight excluding hydrogens is 650 g/mol. The molecule has 16 nitrogen and oxygen atoms in total. The number of amides is 1. The van der Waals surface area contributed by atoms with Crippen molar-refractivity contribution in [2.75, 3.05) is 46.7 Å². The summed E-state index contributed by atoms with van der Waals surface area (Å²) < 4.78 is 44.5. The number of esters is 1. The van der Waals surface area contributed by atoms with Gasteiger partial charge < -0.3 is 68.7 Å². The molecule has 0 radical (unpaired) electrons. The summed E-state index contributed by atoms with van der Waals surface area (Å²) in [7, 11) is 1.55. The fourth-order valence-electron chi connectivity index (χ4n) is 5.52. The fourth-order valence-corrected chi connectivity index (χ4v) is 5.52. The second-order valence-electron chi connectivity index (χ2n) is 12.5. The Balaban J connectivity index is 1.62. The highest BCUT2D eigenvalue weighted by Gasteiger charge is 2.50. The number of aliphatic hydroxyl groups is 4. The van der Waals surface area contributed by atoms with E-state index >= 15 is 0 Å². The molecule has 1 heterocycles. The second kappa shape index (κ2) is 20.4. The van der Waals surface area contributed by atoms with Crippen molar-refractivity contribution in [1.29, 1.82) is 0 Å². The molecule has 16 heteroatoms. The lowest BCUT2D eigenvalue weighted by Gasteiger charge is -2.43. The largest absolute Gasteiger partial charge is 0.508 e. The van der Waals surface area contributed by atoms with Gasteiger partial charge in [-0.25, -0.2) is 4.79 Å². The van der Waals surface area contributed by atoms with Gasteiger partial charge in [-0.1, -0.05) is 12.1 Å². The van der Waals surface area contributed by atoms with Crippen molar-refractivity contribution in [3.63, 3.8) is 0 Å². The predicted molar refractivity (Wildman–Crippen MR) is 170 cm³/mol. The molecule has 0 spiro atoms. The van der Waals surface area contributed by atoms with E-state index in [1.165, 1.54) is 12.1 Å². The Morgan fingerprint density at radius 2 is 1.49 bits per heavy atom. The highest BCUT2D eigenvalue weighted by atomic mass is 16.7. The first-order valence-electron chi connectivity index (χ1n) is 16.5. The van der Waals surface area contributed by atoms with Crippen LogP contribution in [-0.2, 0) is 54.1 Å². The Labute approximate surface area is 286 Å². The van der Waals surface area contributed by atoms with E-state index in [-0.39, 0.29) is 51.2 Å². The first-order chi connectivity index (χ1) is 23.3. The molecule has 2 aliphatic rings. The standard InChI is InChI=1S/C33H53NO15/c1-18(2)47-28-22(31(40)34-10-11-43-13-12-42-5)16-23(24(36)25(28)37)44-14-15-45-29-26(38)27(39)33(48-19(3)4)49-30(29)32(41)46-17-20-6-8-21(35)9-7-20/h6-9,18-19,22-30,33,35-39H,10-17H2,1-5H3,(H,34,40)/t22?,23-,24-,25-,26-,27+,28-,29+,30?,33-/m1/s1. The minimum atomic E-state index is -1.62. The first-order valence-corrected chi connectivity index (χ1v) is 16.5. The summed E-state index contributed by atoms with van der Waals surface area (Å²) in [5.41, 5.74) is 0.583. The number of ether oxygens (including phenoxy) is 8. The summed E-state index contributed by atoms with van der Waals surface area (Å²) in [6.07, 6.45) is -13.0. The van der Waals surface area contributed by atoms with Gasteiger partial charge in [0.2, 0.25) is 5.91 Å². The van der Waals surface area contributed by atoms with Crippen LogP contribution in [0.3, 0.4) is 0 Å². The molecule has 0 bridgehead atoms. The number of hydrogen-bond donors (Lipinski definition) is 6. The SMILES string of the molecule is COCCOCCNC(=O)C1C[C@@H](OCCO[C@@H]2C(C(=O)OCc3ccc(O)cc3)O[C@@H](OC(C)C)[C@@H](O)[C@H]2O)[C@@H](O)[C@@H](O)[C@@H]1OC(C)C. The zero-order valence-electron chi connectivity index (χ0n) is 28.7. The van der Waals surface area contributed by atoms with Gasteiger partial charge >= 0.3 is 5.97 Å². The molecule has 3 rings (SSSR count). The zero-order valence-corrected chi connectivity index (χ0v) is 28.7. The molecule has 1 aliphatic carbocycles. The molecule has 1 aromatic rings. The lowest BCUT2D eigenvalue weighted by atomic mass is 9.80. The van der Waals surface area contributed by atoms with Gasteiger partial charge in [-0.05, 0) is 51.8 Å². The van der Waals surface area contributed by atoms with Crippen LogP contribution >= 0.6 is 0 Å². The number of carbonyl (C=O) groups is 2. The minimum absolute atomic E-state index is 0.0142. The highest BCUT2D eigenvalue weighted by Crippen LogP contribution is 2.32. The van der Waals surface area contributed by atoms with Crippen LogP contribution in [-0.4, -0.2) is 151 Å². The number of methoxy groups -OCH3 is 1. The number of aliphatic hydroxyl groups excluding tert-OH is 4. The lowest BCUT2D eigenvalue weighted by Crippen LogP contribution is -2.62. The van der Waals surface area contributed by atoms with Crippen LogP contribution in [0.4, 0.5) is 0 Å². The first kappa shape index (κ1) is 40.9. The van der Waals surface area contributed by atoms with Gasteiger partial charge in [-0.15, -0.1) is 0 Å². The Morgan fingerprint density at radius 1 is 0.837 bits per heavy atom. The van der Waals surface area contributed by atoms with Gasteiger partial charge in [0, 0.05) is 13.7 Å². The average molecular weight is 704 g/mol. The van der Waals surface area contributed by atoms with E-state index in [9.17, 15) is 35.1 Å². The molecule has 2 fully saturated rings. The maximum atomic E-state index is 13.2. The van der Waals surface area contributed by atoms with Crippen LogP contribution in [0.5, 0.6) is 5.75 Å². The summed E-state index contributed by atoms with van der Waals surface area (Å²) in [4.78, 5) is 26.3. The monoisotopic (exact) mass is 703 g/mol. The number of phenols is 1. The third-order valence-corrected chi connectivity index (χ3v) is 7.92. The topological polar surface area (TPSA) is 221 Å². The number of phenolic OH excluding ortho intramolecular Hbond substituents is 1. The highest BCUT2D eigenvalue weighted by molar-refractivity contribution is 5.79. The maximum Gasteiger partial charge on any atom is 0.338 e.